The summed E-state index contributed by atoms with van der Waals surface area (Å²) < 4.78 is 32.4. The quantitative estimate of drug-likeness (QED) is 0.907. The van der Waals surface area contributed by atoms with Gasteiger partial charge in [-0.3, -0.25) is 9.78 Å². The summed E-state index contributed by atoms with van der Waals surface area (Å²) in [6.07, 6.45) is -0.139. The minimum atomic E-state index is -2.61. The summed E-state index contributed by atoms with van der Waals surface area (Å²) in [7, 11) is 1.84. The molecule has 2 aliphatic rings. The van der Waals surface area contributed by atoms with Crippen molar-refractivity contribution in [1.29, 1.82) is 0 Å². The topological polar surface area (TPSA) is 54.5 Å². The van der Waals surface area contributed by atoms with Crippen LogP contribution in [0.4, 0.5) is 14.5 Å². The molecular weight excluding hydrogens is 328 g/mol. The lowest BCUT2D eigenvalue weighted by Crippen LogP contribution is -2.46. The van der Waals surface area contributed by atoms with Gasteiger partial charge in [-0.15, -0.1) is 0 Å². The predicted molar refractivity (Wildman–Crippen MR) is 90.7 cm³/mol. The number of morpholine rings is 1. The number of aromatic nitrogens is 1. The Hall–Kier alpha value is -1.76. The first-order valence-corrected chi connectivity index (χ1v) is 8.82. The summed E-state index contributed by atoms with van der Waals surface area (Å²) in [6.45, 7) is 3.28. The maximum atomic E-state index is 13.3. The molecule has 1 aromatic rings. The van der Waals surface area contributed by atoms with Crippen molar-refractivity contribution in [3.63, 3.8) is 0 Å². The fourth-order valence-corrected chi connectivity index (χ4v) is 3.58. The molecule has 1 saturated heterocycles. The fraction of sp³-hybridized carbons (Fsp3) is 0.667. The number of carbonyl (C=O) groups excluding carboxylic acids is 1. The number of anilines is 1. The number of alkyl halides is 2. The first kappa shape index (κ1) is 18.0. The van der Waals surface area contributed by atoms with E-state index in [4.69, 9.17) is 4.74 Å². The zero-order valence-electron chi connectivity index (χ0n) is 14.7. The van der Waals surface area contributed by atoms with Crippen molar-refractivity contribution in [1.82, 2.24) is 9.88 Å². The maximum absolute atomic E-state index is 13.3. The number of ether oxygens (including phenoxy) is 1. The molecule has 0 aromatic carbocycles. The Balaban J connectivity index is 1.67. The molecule has 1 aliphatic carbocycles. The predicted octanol–water partition coefficient (Wildman–Crippen LogP) is 3.16. The second-order valence-electron chi connectivity index (χ2n) is 6.95. The Kier molecular flexibility index (Phi) is 5.22. The summed E-state index contributed by atoms with van der Waals surface area (Å²) in [4.78, 5) is 19.0. The molecule has 1 N–H and O–H groups in total. The van der Waals surface area contributed by atoms with Crippen LogP contribution in [0.15, 0.2) is 12.1 Å². The van der Waals surface area contributed by atoms with E-state index in [0.717, 1.165) is 17.1 Å². The Labute approximate surface area is 146 Å². The number of aryl methyl sites for hydroxylation is 1. The molecule has 25 heavy (non-hydrogen) atoms. The summed E-state index contributed by atoms with van der Waals surface area (Å²) in [6, 6.07) is 3.87. The van der Waals surface area contributed by atoms with Gasteiger partial charge < -0.3 is 15.0 Å². The third kappa shape index (κ3) is 4.26. The molecule has 0 bridgehead atoms. The normalized spacial score (nSPS) is 24.2. The van der Waals surface area contributed by atoms with E-state index >= 15 is 0 Å². The number of nitrogens with one attached hydrogen (secondary N) is 1. The van der Waals surface area contributed by atoms with Crippen LogP contribution >= 0.6 is 0 Å². The molecule has 1 aromatic heterocycles. The summed E-state index contributed by atoms with van der Waals surface area (Å²) in [5, 5.41) is 3.09. The van der Waals surface area contributed by atoms with Gasteiger partial charge in [-0.2, -0.15) is 0 Å². The smallest absolute Gasteiger partial charge is 0.248 e. The fourth-order valence-electron chi connectivity index (χ4n) is 3.58. The van der Waals surface area contributed by atoms with Gasteiger partial charge in [0.05, 0.1) is 18.8 Å². The zero-order valence-corrected chi connectivity index (χ0v) is 14.7. The lowest BCUT2D eigenvalue weighted by atomic mass is 9.85. The van der Waals surface area contributed by atoms with Crippen molar-refractivity contribution in [3.8, 4) is 0 Å². The van der Waals surface area contributed by atoms with E-state index in [9.17, 15) is 13.6 Å². The lowest BCUT2D eigenvalue weighted by molar-refractivity contribution is -0.147. The molecule has 138 valence electrons. The van der Waals surface area contributed by atoms with E-state index in [1.54, 1.807) is 4.90 Å². The second kappa shape index (κ2) is 7.23. The van der Waals surface area contributed by atoms with E-state index in [2.05, 4.69) is 10.3 Å². The summed E-state index contributed by atoms with van der Waals surface area (Å²) >= 11 is 0. The Morgan fingerprint density at radius 1 is 1.36 bits per heavy atom. The Morgan fingerprint density at radius 2 is 2.08 bits per heavy atom. The van der Waals surface area contributed by atoms with Crippen LogP contribution < -0.4 is 5.32 Å². The van der Waals surface area contributed by atoms with Gasteiger partial charge in [0, 0.05) is 43.7 Å². The molecule has 2 fully saturated rings. The third-order valence-electron chi connectivity index (χ3n) is 5.04. The highest BCUT2D eigenvalue weighted by atomic mass is 19.3. The SMILES string of the molecule is CNc1cc(C)nc([C@@H]2CN(C(=O)C3CCC(F)(F)CC3)CCO2)c1. The number of amides is 1. The standard InChI is InChI=1S/C18H25F2N3O2/c1-12-9-14(21-2)10-15(22-12)16-11-23(7-8-25-16)17(24)13-3-5-18(19,20)6-4-13/h9-10,13,16H,3-8,11H2,1-2H3,(H,21,22)/t16-/m0/s1. The molecule has 2 heterocycles. The first-order chi connectivity index (χ1) is 11.9. The highest BCUT2D eigenvalue weighted by molar-refractivity contribution is 5.79. The van der Waals surface area contributed by atoms with E-state index < -0.39 is 5.92 Å². The van der Waals surface area contributed by atoms with Crippen molar-refractivity contribution in [3.05, 3.63) is 23.5 Å². The molecule has 0 spiro atoms. The van der Waals surface area contributed by atoms with Crippen LogP contribution in [0.5, 0.6) is 0 Å². The number of pyridine rings is 1. The number of carbonyl (C=O) groups is 1. The number of hydrogen-bond donors (Lipinski definition) is 1. The molecular formula is C18H25F2N3O2. The van der Waals surface area contributed by atoms with Gasteiger partial charge >= 0.3 is 0 Å². The van der Waals surface area contributed by atoms with E-state index in [-0.39, 0.29) is 43.6 Å². The van der Waals surface area contributed by atoms with Crippen LogP contribution in [0.25, 0.3) is 0 Å². The average Bonchev–Trinajstić information content (AvgIpc) is 2.60. The zero-order chi connectivity index (χ0) is 18.0. The van der Waals surface area contributed by atoms with Gasteiger partial charge in [0.15, 0.2) is 0 Å². The molecule has 0 unspecified atom stereocenters. The van der Waals surface area contributed by atoms with Gasteiger partial charge in [0.1, 0.15) is 6.10 Å². The van der Waals surface area contributed by atoms with E-state index in [1.165, 1.54) is 0 Å². The molecule has 1 aliphatic heterocycles. The van der Waals surface area contributed by atoms with Gasteiger partial charge in [-0.1, -0.05) is 0 Å². The van der Waals surface area contributed by atoms with Crippen molar-refractivity contribution in [2.75, 3.05) is 32.1 Å². The minimum absolute atomic E-state index is 0.0229. The highest BCUT2D eigenvalue weighted by Crippen LogP contribution is 2.37. The molecule has 1 atom stereocenters. The highest BCUT2D eigenvalue weighted by Gasteiger charge is 2.39. The molecule has 1 saturated carbocycles. The summed E-state index contributed by atoms with van der Waals surface area (Å²) in [5.41, 5.74) is 2.62. The number of rotatable bonds is 3. The van der Waals surface area contributed by atoms with Crippen LogP contribution in [0.1, 0.15) is 43.2 Å². The van der Waals surface area contributed by atoms with Crippen LogP contribution in [0, 0.1) is 12.8 Å². The minimum Gasteiger partial charge on any atom is -0.388 e. The van der Waals surface area contributed by atoms with Gasteiger partial charge in [-0.25, -0.2) is 8.78 Å². The Morgan fingerprint density at radius 3 is 2.76 bits per heavy atom. The maximum Gasteiger partial charge on any atom is 0.248 e. The third-order valence-corrected chi connectivity index (χ3v) is 5.04. The lowest BCUT2D eigenvalue weighted by Gasteiger charge is -2.36. The van der Waals surface area contributed by atoms with Crippen LogP contribution in [-0.2, 0) is 9.53 Å². The van der Waals surface area contributed by atoms with Gasteiger partial charge in [0.25, 0.3) is 0 Å². The molecule has 1 amide bonds. The van der Waals surface area contributed by atoms with Crippen molar-refractivity contribution in [2.24, 2.45) is 5.92 Å². The van der Waals surface area contributed by atoms with Gasteiger partial charge in [0.2, 0.25) is 11.8 Å². The number of hydrogen-bond acceptors (Lipinski definition) is 4. The van der Waals surface area contributed by atoms with Crippen LogP contribution in [0.2, 0.25) is 0 Å². The Bertz CT molecular complexity index is 629. The van der Waals surface area contributed by atoms with E-state index in [1.807, 2.05) is 26.1 Å². The molecule has 5 nitrogen and oxygen atoms in total. The number of halogens is 2. The van der Waals surface area contributed by atoms with Crippen LogP contribution in [0.3, 0.4) is 0 Å². The number of nitrogens with zero attached hydrogens (tertiary/aromatic N) is 2. The molecule has 0 radical (unpaired) electrons. The summed E-state index contributed by atoms with van der Waals surface area (Å²) in [5.74, 6) is -2.93. The first-order valence-electron chi connectivity index (χ1n) is 8.82. The second-order valence-corrected chi connectivity index (χ2v) is 6.95. The van der Waals surface area contributed by atoms with Crippen LogP contribution in [-0.4, -0.2) is 48.5 Å². The molecule has 7 heteroatoms. The monoisotopic (exact) mass is 353 g/mol. The molecule has 3 rings (SSSR count). The van der Waals surface area contributed by atoms with Gasteiger partial charge in [-0.05, 0) is 31.9 Å². The average molecular weight is 353 g/mol. The van der Waals surface area contributed by atoms with Crippen molar-refractivity contribution < 1.29 is 18.3 Å². The van der Waals surface area contributed by atoms with E-state index in [0.29, 0.717) is 19.7 Å². The van der Waals surface area contributed by atoms with Crippen molar-refractivity contribution in [2.45, 2.75) is 44.6 Å². The van der Waals surface area contributed by atoms with Crippen molar-refractivity contribution >= 4 is 11.6 Å². The largest absolute Gasteiger partial charge is 0.388 e.